The molecule has 0 bridgehead atoms. The van der Waals surface area contributed by atoms with Crippen LogP contribution in [0.3, 0.4) is 0 Å². The lowest BCUT2D eigenvalue weighted by atomic mass is 9.85. The molecule has 4 nitrogen and oxygen atoms in total. The normalized spacial score (nSPS) is 26.1. The number of ether oxygens (including phenoxy) is 1. The van der Waals surface area contributed by atoms with Gasteiger partial charge in [-0.25, -0.2) is 0 Å². The Bertz CT molecular complexity index is 203. The van der Waals surface area contributed by atoms with Crippen LogP contribution in [-0.4, -0.2) is 37.5 Å². The molecule has 1 aliphatic carbocycles. The van der Waals surface area contributed by atoms with E-state index >= 15 is 0 Å². The fourth-order valence-corrected chi connectivity index (χ4v) is 2.01. The summed E-state index contributed by atoms with van der Waals surface area (Å²) in [6.45, 7) is 1.84. The maximum atomic E-state index is 8.95. The van der Waals surface area contributed by atoms with Gasteiger partial charge in [-0.15, -0.1) is 0 Å². The lowest BCUT2D eigenvalue weighted by Gasteiger charge is -2.27. The van der Waals surface area contributed by atoms with Crippen molar-refractivity contribution in [2.24, 2.45) is 5.92 Å². The van der Waals surface area contributed by atoms with Crippen LogP contribution in [0, 0.1) is 17.2 Å². The van der Waals surface area contributed by atoms with Crippen molar-refractivity contribution < 1.29 is 9.84 Å². The number of hydrogen-bond donors (Lipinski definition) is 2. The lowest BCUT2D eigenvalue weighted by Crippen LogP contribution is -2.39. The summed E-state index contributed by atoms with van der Waals surface area (Å²) in [5, 5.41) is 20.8. The van der Waals surface area contributed by atoms with Gasteiger partial charge in [-0.1, -0.05) is 12.8 Å². The van der Waals surface area contributed by atoms with E-state index in [-0.39, 0.29) is 12.5 Å². The number of rotatable bonds is 6. The first kappa shape index (κ1) is 12.4. The average Bonchev–Trinajstić information content (AvgIpc) is 2.29. The third kappa shape index (κ3) is 4.61. The van der Waals surface area contributed by atoms with Crippen molar-refractivity contribution >= 4 is 0 Å². The van der Waals surface area contributed by atoms with Gasteiger partial charge < -0.3 is 15.2 Å². The number of nitrogens with one attached hydrogen (secondary N) is 1. The molecule has 2 atom stereocenters. The van der Waals surface area contributed by atoms with Crippen LogP contribution < -0.4 is 5.32 Å². The maximum absolute atomic E-state index is 8.95. The lowest BCUT2D eigenvalue weighted by molar-refractivity contribution is 0.0909. The Hall–Kier alpha value is -0.630. The summed E-state index contributed by atoms with van der Waals surface area (Å²) < 4.78 is 5.15. The van der Waals surface area contributed by atoms with Crippen LogP contribution >= 0.6 is 0 Å². The van der Waals surface area contributed by atoms with Crippen LogP contribution in [0.2, 0.25) is 0 Å². The molecule has 0 aromatic rings. The van der Waals surface area contributed by atoms with Crippen molar-refractivity contribution in [3.8, 4) is 6.07 Å². The van der Waals surface area contributed by atoms with Gasteiger partial charge in [0.1, 0.15) is 0 Å². The third-order valence-electron chi connectivity index (χ3n) is 2.82. The van der Waals surface area contributed by atoms with Gasteiger partial charge in [0.15, 0.2) is 0 Å². The quantitative estimate of drug-likeness (QED) is 0.635. The van der Waals surface area contributed by atoms with Crippen molar-refractivity contribution in [3.05, 3.63) is 0 Å². The molecule has 86 valence electrons. The van der Waals surface area contributed by atoms with Crippen molar-refractivity contribution in [2.45, 2.75) is 31.7 Å². The van der Waals surface area contributed by atoms with Crippen molar-refractivity contribution in [3.63, 3.8) is 0 Å². The van der Waals surface area contributed by atoms with Gasteiger partial charge in [0.2, 0.25) is 0 Å². The van der Waals surface area contributed by atoms with E-state index in [1.54, 1.807) is 0 Å². The number of aliphatic hydroxyl groups is 1. The van der Waals surface area contributed by atoms with Crippen LogP contribution in [-0.2, 0) is 4.74 Å². The van der Waals surface area contributed by atoms with Gasteiger partial charge in [0, 0.05) is 12.6 Å². The summed E-state index contributed by atoms with van der Waals surface area (Å²) in [5.41, 5.74) is 0. The zero-order chi connectivity index (χ0) is 10.9. The fourth-order valence-electron chi connectivity index (χ4n) is 2.01. The Balaban J connectivity index is 2.10. The molecule has 0 aliphatic heterocycles. The minimum atomic E-state index is 0.0737. The minimum absolute atomic E-state index is 0.0737. The topological polar surface area (TPSA) is 65.3 Å². The molecule has 1 rings (SSSR count). The molecule has 15 heavy (non-hydrogen) atoms. The van der Waals surface area contributed by atoms with Crippen molar-refractivity contribution in [2.75, 3.05) is 26.4 Å². The van der Waals surface area contributed by atoms with Gasteiger partial charge in [0.25, 0.3) is 0 Å². The molecule has 2 N–H and O–H groups in total. The molecule has 0 saturated heterocycles. The molecule has 1 aliphatic rings. The third-order valence-corrected chi connectivity index (χ3v) is 2.82. The van der Waals surface area contributed by atoms with E-state index in [2.05, 4.69) is 11.4 Å². The Morgan fingerprint density at radius 2 is 2.13 bits per heavy atom. The molecule has 0 aromatic carbocycles. The SMILES string of the molecule is N#CC1CCCCC1NCCOCCO. The summed E-state index contributed by atoms with van der Waals surface area (Å²) in [4.78, 5) is 0. The molecule has 0 amide bonds. The summed E-state index contributed by atoms with van der Waals surface area (Å²) in [5.74, 6) is 0.164. The summed E-state index contributed by atoms with van der Waals surface area (Å²) in [6.07, 6.45) is 4.51. The van der Waals surface area contributed by atoms with Crippen molar-refractivity contribution in [1.29, 1.82) is 5.26 Å². The second kappa shape index (κ2) is 7.63. The Morgan fingerprint density at radius 1 is 1.33 bits per heavy atom. The first-order valence-electron chi connectivity index (χ1n) is 5.70. The Morgan fingerprint density at radius 3 is 2.87 bits per heavy atom. The van der Waals surface area contributed by atoms with E-state index in [1.165, 1.54) is 12.8 Å². The van der Waals surface area contributed by atoms with E-state index in [4.69, 9.17) is 15.1 Å². The number of aliphatic hydroxyl groups excluding tert-OH is 1. The maximum Gasteiger partial charge on any atom is 0.0698 e. The zero-order valence-electron chi connectivity index (χ0n) is 9.11. The molecular weight excluding hydrogens is 192 g/mol. The first-order chi connectivity index (χ1) is 7.38. The molecular formula is C11H20N2O2. The highest BCUT2D eigenvalue weighted by atomic mass is 16.5. The minimum Gasteiger partial charge on any atom is -0.394 e. The highest BCUT2D eigenvalue weighted by Crippen LogP contribution is 2.23. The van der Waals surface area contributed by atoms with E-state index in [0.29, 0.717) is 19.3 Å². The highest BCUT2D eigenvalue weighted by molar-refractivity contribution is 4.94. The molecule has 1 saturated carbocycles. The molecule has 0 aromatic heterocycles. The number of hydrogen-bond acceptors (Lipinski definition) is 4. The monoisotopic (exact) mass is 212 g/mol. The van der Waals surface area contributed by atoms with Crippen LogP contribution in [0.1, 0.15) is 25.7 Å². The van der Waals surface area contributed by atoms with Gasteiger partial charge in [-0.2, -0.15) is 5.26 Å². The molecule has 0 heterocycles. The van der Waals surface area contributed by atoms with Crippen LogP contribution in [0.5, 0.6) is 0 Å². The van der Waals surface area contributed by atoms with Gasteiger partial charge >= 0.3 is 0 Å². The van der Waals surface area contributed by atoms with Crippen LogP contribution in [0.15, 0.2) is 0 Å². The summed E-state index contributed by atoms with van der Waals surface area (Å²) in [7, 11) is 0. The first-order valence-corrected chi connectivity index (χ1v) is 5.70. The van der Waals surface area contributed by atoms with E-state index in [1.807, 2.05) is 0 Å². The van der Waals surface area contributed by atoms with E-state index in [0.717, 1.165) is 19.4 Å². The van der Waals surface area contributed by atoms with Crippen LogP contribution in [0.25, 0.3) is 0 Å². The molecule has 2 unspecified atom stereocenters. The zero-order valence-corrected chi connectivity index (χ0v) is 9.11. The molecule has 0 radical (unpaired) electrons. The fraction of sp³-hybridized carbons (Fsp3) is 0.909. The van der Waals surface area contributed by atoms with Crippen LogP contribution in [0.4, 0.5) is 0 Å². The van der Waals surface area contributed by atoms with E-state index in [9.17, 15) is 0 Å². The standard InChI is InChI=1S/C11H20N2O2/c12-9-10-3-1-2-4-11(10)13-5-7-15-8-6-14/h10-11,13-14H,1-8H2. The van der Waals surface area contributed by atoms with Crippen molar-refractivity contribution in [1.82, 2.24) is 5.32 Å². The summed E-state index contributed by atoms with van der Waals surface area (Å²) >= 11 is 0. The number of nitriles is 1. The highest BCUT2D eigenvalue weighted by Gasteiger charge is 2.23. The second-order valence-electron chi connectivity index (χ2n) is 3.92. The summed E-state index contributed by atoms with van der Waals surface area (Å²) in [6, 6.07) is 2.70. The van der Waals surface area contributed by atoms with E-state index < -0.39 is 0 Å². The van der Waals surface area contributed by atoms with Gasteiger partial charge in [-0.05, 0) is 12.8 Å². The molecule has 0 spiro atoms. The predicted molar refractivity (Wildman–Crippen MR) is 57.3 cm³/mol. The second-order valence-corrected chi connectivity index (χ2v) is 3.92. The van der Waals surface area contributed by atoms with Gasteiger partial charge in [0.05, 0.1) is 31.8 Å². The smallest absolute Gasteiger partial charge is 0.0698 e. The number of nitrogens with zero attached hydrogens (tertiary/aromatic N) is 1. The van der Waals surface area contributed by atoms with Gasteiger partial charge in [-0.3, -0.25) is 0 Å². The Kier molecular flexibility index (Phi) is 6.33. The average molecular weight is 212 g/mol. The Labute approximate surface area is 91.2 Å². The largest absolute Gasteiger partial charge is 0.394 e. The molecule has 4 heteroatoms. The predicted octanol–water partition coefficient (Wildman–Crippen LogP) is 0.667. The molecule has 1 fully saturated rings.